The van der Waals surface area contributed by atoms with Crippen LogP contribution in [0.4, 0.5) is 11.4 Å². The number of anilines is 2. The molecule has 6 heteroatoms. The van der Waals surface area contributed by atoms with Gasteiger partial charge in [0.25, 0.3) is 5.91 Å². The maximum absolute atomic E-state index is 12.1. The Hall–Kier alpha value is -2.86. The molecule has 0 saturated carbocycles. The van der Waals surface area contributed by atoms with Crippen LogP contribution in [0.2, 0.25) is 0 Å². The molecule has 0 aliphatic carbocycles. The molecule has 0 saturated heterocycles. The fourth-order valence-electron chi connectivity index (χ4n) is 2.44. The van der Waals surface area contributed by atoms with Crippen molar-refractivity contribution in [1.29, 1.82) is 0 Å². The minimum Gasteiger partial charge on any atom is -0.399 e. The fourth-order valence-corrected chi connectivity index (χ4v) is 2.44. The van der Waals surface area contributed by atoms with E-state index >= 15 is 0 Å². The second kappa shape index (κ2) is 8.84. The number of carbonyl (C=O) groups excluding carboxylic acids is 1. The van der Waals surface area contributed by atoms with E-state index in [0.29, 0.717) is 16.9 Å². The van der Waals surface area contributed by atoms with E-state index in [2.05, 4.69) is 29.3 Å². The zero-order chi connectivity index (χ0) is 18.2. The maximum atomic E-state index is 12.1. The van der Waals surface area contributed by atoms with Crippen molar-refractivity contribution in [2.75, 3.05) is 24.6 Å². The molecule has 0 bridgehead atoms. The van der Waals surface area contributed by atoms with E-state index in [1.807, 2.05) is 18.2 Å². The highest BCUT2D eigenvalue weighted by atomic mass is 16.2. The highest BCUT2D eigenvalue weighted by Gasteiger charge is 2.07. The van der Waals surface area contributed by atoms with Crippen LogP contribution in [0, 0.1) is 0 Å². The van der Waals surface area contributed by atoms with E-state index in [0.717, 1.165) is 30.8 Å². The van der Waals surface area contributed by atoms with Gasteiger partial charge in [0.1, 0.15) is 0 Å². The third kappa shape index (κ3) is 5.32. The van der Waals surface area contributed by atoms with Gasteiger partial charge in [-0.15, -0.1) is 0 Å². The molecule has 0 radical (unpaired) electrons. The molecule has 0 aliphatic rings. The zero-order valence-corrected chi connectivity index (χ0v) is 14.7. The Labute approximate surface area is 148 Å². The van der Waals surface area contributed by atoms with Crippen LogP contribution in [0.25, 0.3) is 0 Å². The predicted octanol–water partition coefficient (Wildman–Crippen LogP) is 2.46. The minimum absolute atomic E-state index is 0.281. The number of hydrazone groups is 1. The van der Waals surface area contributed by atoms with Gasteiger partial charge in [-0.1, -0.05) is 19.9 Å². The Morgan fingerprint density at radius 2 is 1.72 bits per heavy atom. The van der Waals surface area contributed by atoms with Gasteiger partial charge in [-0.2, -0.15) is 5.10 Å². The van der Waals surface area contributed by atoms with E-state index < -0.39 is 0 Å². The van der Waals surface area contributed by atoms with Crippen molar-refractivity contribution < 1.29 is 4.79 Å². The van der Waals surface area contributed by atoms with Crippen molar-refractivity contribution >= 4 is 23.5 Å². The summed E-state index contributed by atoms with van der Waals surface area (Å²) < 4.78 is 0. The van der Waals surface area contributed by atoms with Gasteiger partial charge in [0.15, 0.2) is 0 Å². The normalized spacial score (nSPS) is 11.2. The van der Waals surface area contributed by atoms with Crippen LogP contribution in [0.5, 0.6) is 0 Å². The second-order valence-electron chi connectivity index (χ2n) is 5.74. The van der Waals surface area contributed by atoms with Crippen LogP contribution in [0.15, 0.2) is 47.6 Å². The molecule has 2 aromatic carbocycles. The molecule has 0 spiro atoms. The van der Waals surface area contributed by atoms with Gasteiger partial charge in [-0.25, -0.2) is 5.43 Å². The number of amides is 1. The summed E-state index contributed by atoms with van der Waals surface area (Å²) in [6, 6.07) is 12.4. The van der Waals surface area contributed by atoms with Gasteiger partial charge < -0.3 is 11.5 Å². The van der Waals surface area contributed by atoms with E-state index in [-0.39, 0.29) is 5.91 Å². The van der Waals surface area contributed by atoms with Crippen LogP contribution in [-0.2, 0) is 6.54 Å². The number of hydrogen-bond acceptors (Lipinski definition) is 5. The van der Waals surface area contributed by atoms with E-state index in [1.54, 1.807) is 30.5 Å². The summed E-state index contributed by atoms with van der Waals surface area (Å²) in [6.07, 6.45) is 1.65. The van der Waals surface area contributed by atoms with Gasteiger partial charge in [-0.3, -0.25) is 9.69 Å². The summed E-state index contributed by atoms with van der Waals surface area (Å²) in [5.74, 6) is -0.281. The first-order chi connectivity index (χ1) is 12.0. The van der Waals surface area contributed by atoms with E-state index in [4.69, 9.17) is 11.5 Å². The molecule has 0 aromatic heterocycles. The molecule has 2 aromatic rings. The summed E-state index contributed by atoms with van der Waals surface area (Å²) in [5, 5.41) is 4.07. The average Bonchev–Trinajstić information content (AvgIpc) is 2.61. The Kier molecular flexibility index (Phi) is 6.54. The number of nitrogens with two attached hydrogens (primary N) is 2. The van der Waals surface area contributed by atoms with Gasteiger partial charge in [0, 0.05) is 23.5 Å². The lowest BCUT2D eigenvalue weighted by Crippen LogP contribution is -2.23. The first-order valence-corrected chi connectivity index (χ1v) is 8.33. The summed E-state index contributed by atoms with van der Waals surface area (Å²) in [4.78, 5) is 14.4. The highest BCUT2D eigenvalue weighted by molar-refractivity contribution is 5.95. The Bertz CT molecular complexity index is 736. The van der Waals surface area contributed by atoms with Crippen molar-refractivity contribution in [3.63, 3.8) is 0 Å². The zero-order valence-electron chi connectivity index (χ0n) is 14.7. The second-order valence-corrected chi connectivity index (χ2v) is 5.74. The van der Waals surface area contributed by atoms with Crippen LogP contribution in [0.1, 0.15) is 35.3 Å². The number of carbonyl (C=O) groups is 1. The Morgan fingerprint density at radius 1 is 1.08 bits per heavy atom. The van der Waals surface area contributed by atoms with Crippen molar-refractivity contribution in [2.24, 2.45) is 5.10 Å². The standard InChI is InChI=1S/C19H25N5O/c1-3-24(4-2)13-16-11-18(21)10-7-15(16)12-22-23-19(25)14-5-8-17(20)9-6-14/h5-12H,3-4,13,20-21H2,1-2H3,(H,23,25)/b22-12+. The lowest BCUT2D eigenvalue weighted by atomic mass is 10.1. The Balaban J connectivity index is 2.09. The van der Waals surface area contributed by atoms with Crippen LogP contribution in [0.3, 0.4) is 0 Å². The molecule has 6 nitrogen and oxygen atoms in total. The van der Waals surface area contributed by atoms with Crippen LogP contribution in [-0.4, -0.2) is 30.1 Å². The largest absolute Gasteiger partial charge is 0.399 e. The molecule has 1 amide bonds. The highest BCUT2D eigenvalue weighted by Crippen LogP contribution is 2.14. The molecule has 2 rings (SSSR count). The molecule has 0 heterocycles. The molecule has 132 valence electrons. The van der Waals surface area contributed by atoms with E-state index in [1.165, 1.54) is 0 Å². The number of benzene rings is 2. The third-order valence-corrected chi connectivity index (χ3v) is 4.00. The molecule has 0 atom stereocenters. The first kappa shape index (κ1) is 18.5. The van der Waals surface area contributed by atoms with Gasteiger partial charge >= 0.3 is 0 Å². The fraction of sp³-hybridized carbons (Fsp3) is 0.263. The van der Waals surface area contributed by atoms with Crippen LogP contribution >= 0.6 is 0 Å². The van der Waals surface area contributed by atoms with E-state index in [9.17, 15) is 4.79 Å². The maximum Gasteiger partial charge on any atom is 0.271 e. The molecule has 5 N–H and O–H groups in total. The summed E-state index contributed by atoms with van der Waals surface area (Å²) in [6.45, 7) is 6.93. The van der Waals surface area contributed by atoms with Gasteiger partial charge in [-0.05, 0) is 60.6 Å². The predicted molar refractivity (Wildman–Crippen MR) is 103 cm³/mol. The van der Waals surface area contributed by atoms with Crippen molar-refractivity contribution in [1.82, 2.24) is 10.3 Å². The third-order valence-electron chi connectivity index (χ3n) is 4.00. The smallest absolute Gasteiger partial charge is 0.271 e. The molecule has 0 fully saturated rings. The molecule has 0 aliphatic heterocycles. The first-order valence-electron chi connectivity index (χ1n) is 8.33. The number of hydrogen-bond donors (Lipinski definition) is 3. The number of nitrogen functional groups attached to an aromatic ring is 2. The Morgan fingerprint density at radius 3 is 2.36 bits per heavy atom. The lowest BCUT2D eigenvalue weighted by Gasteiger charge is -2.19. The van der Waals surface area contributed by atoms with Gasteiger partial charge in [0.05, 0.1) is 6.21 Å². The molecule has 0 unspecified atom stereocenters. The number of rotatable bonds is 7. The van der Waals surface area contributed by atoms with Crippen LogP contribution < -0.4 is 16.9 Å². The molecular weight excluding hydrogens is 314 g/mol. The number of nitrogens with zero attached hydrogens (tertiary/aromatic N) is 2. The monoisotopic (exact) mass is 339 g/mol. The minimum atomic E-state index is -0.281. The summed E-state index contributed by atoms with van der Waals surface area (Å²) >= 11 is 0. The van der Waals surface area contributed by atoms with Gasteiger partial charge in [0.2, 0.25) is 0 Å². The summed E-state index contributed by atoms with van der Waals surface area (Å²) in [7, 11) is 0. The van der Waals surface area contributed by atoms with Crippen molar-refractivity contribution in [2.45, 2.75) is 20.4 Å². The summed E-state index contributed by atoms with van der Waals surface area (Å²) in [5.41, 5.74) is 17.9. The SMILES string of the molecule is CCN(CC)Cc1cc(N)ccc1/C=N/NC(=O)c1ccc(N)cc1. The molecular formula is C19H25N5O. The average molecular weight is 339 g/mol. The lowest BCUT2D eigenvalue weighted by molar-refractivity contribution is 0.0955. The van der Waals surface area contributed by atoms with Crippen molar-refractivity contribution in [3.8, 4) is 0 Å². The topological polar surface area (TPSA) is 96.7 Å². The quantitative estimate of drug-likeness (QED) is 0.410. The molecule has 25 heavy (non-hydrogen) atoms. The van der Waals surface area contributed by atoms with Crippen molar-refractivity contribution in [3.05, 3.63) is 59.2 Å². The number of nitrogens with one attached hydrogen (secondary N) is 1.